The Bertz CT molecular complexity index is 681. The van der Waals surface area contributed by atoms with E-state index in [0.29, 0.717) is 10.8 Å². The Kier molecular flexibility index (Phi) is 5.76. The summed E-state index contributed by atoms with van der Waals surface area (Å²) in [5.74, 6) is -1.82. The smallest absolute Gasteiger partial charge is 0.344 e. The average Bonchev–Trinajstić information content (AvgIpc) is 3.07. The summed E-state index contributed by atoms with van der Waals surface area (Å²) in [6.07, 6.45) is 1.30. The van der Waals surface area contributed by atoms with Crippen LogP contribution in [0.4, 0.5) is 0 Å². The summed E-state index contributed by atoms with van der Waals surface area (Å²) in [6, 6.07) is 9.29. The molecule has 0 bridgehead atoms. The van der Waals surface area contributed by atoms with Crippen molar-refractivity contribution < 1.29 is 28.3 Å². The van der Waals surface area contributed by atoms with Crippen LogP contribution in [0.1, 0.15) is 10.6 Å². The number of carbonyl (C=O) groups excluding carboxylic acids is 3. The first kappa shape index (κ1) is 16.6. The fraction of sp³-hybridized carbons (Fsp3) is 0.133. The lowest BCUT2D eigenvalue weighted by Gasteiger charge is -2.07. The molecule has 0 radical (unpaired) electrons. The highest BCUT2D eigenvalue weighted by molar-refractivity contribution is 6.30. The molecule has 0 aliphatic rings. The highest BCUT2D eigenvalue weighted by Crippen LogP contribution is 2.15. The van der Waals surface area contributed by atoms with Crippen molar-refractivity contribution in [2.45, 2.75) is 0 Å². The second-order valence-electron chi connectivity index (χ2n) is 4.26. The van der Waals surface area contributed by atoms with Crippen LogP contribution in [0.5, 0.6) is 5.75 Å². The molecule has 1 heterocycles. The molecule has 0 spiro atoms. The molecule has 1 aromatic heterocycles. The highest BCUT2D eigenvalue weighted by Gasteiger charge is 2.14. The number of nitrogens with one attached hydrogen (secondary N) is 1. The normalized spacial score (nSPS) is 9.96. The standard InChI is InChI=1S/C15H12ClNO6/c16-10-3-5-11(6-4-10)22-9-14(19)23-8-13(18)17-15(20)12-2-1-7-21-12/h1-7H,8-9H2,(H,17,18,20). The van der Waals surface area contributed by atoms with E-state index in [4.69, 9.17) is 20.8 Å². The topological polar surface area (TPSA) is 94.8 Å². The maximum atomic E-state index is 11.5. The first-order chi connectivity index (χ1) is 11.0. The predicted octanol–water partition coefficient (Wildman–Crippen LogP) is 1.81. The van der Waals surface area contributed by atoms with Crippen LogP contribution < -0.4 is 10.1 Å². The maximum absolute atomic E-state index is 11.5. The van der Waals surface area contributed by atoms with E-state index in [1.807, 2.05) is 5.32 Å². The monoisotopic (exact) mass is 337 g/mol. The van der Waals surface area contributed by atoms with E-state index in [-0.39, 0.29) is 12.4 Å². The summed E-state index contributed by atoms with van der Waals surface area (Å²) >= 11 is 5.71. The zero-order valence-corrected chi connectivity index (χ0v) is 12.5. The van der Waals surface area contributed by atoms with Crippen LogP contribution in [0, 0.1) is 0 Å². The van der Waals surface area contributed by atoms with E-state index in [2.05, 4.69) is 4.74 Å². The Balaban J connectivity index is 1.68. The third-order valence-corrected chi connectivity index (χ3v) is 2.78. The number of benzene rings is 1. The van der Waals surface area contributed by atoms with Gasteiger partial charge >= 0.3 is 5.97 Å². The molecule has 8 heteroatoms. The number of imide groups is 1. The molecule has 2 rings (SSSR count). The molecule has 7 nitrogen and oxygen atoms in total. The summed E-state index contributed by atoms with van der Waals surface area (Å²) in [7, 11) is 0. The molecule has 120 valence electrons. The number of halogens is 1. The third kappa shape index (κ3) is 5.48. The van der Waals surface area contributed by atoms with Crippen LogP contribution in [0.15, 0.2) is 47.1 Å². The minimum atomic E-state index is -0.772. The second-order valence-corrected chi connectivity index (χ2v) is 4.69. The lowest BCUT2D eigenvalue weighted by atomic mass is 10.3. The molecule has 1 aromatic carbocycles. The summed E-state index contributed by atoms with van der Waals surface area (Å²) in [6.45, 7) is -0.976. The number of carbonyl (C=O) groups is 3. The van der Waals surface area contributed by atoms with Gasteiger partial charge in [0.05, 0.1) is 6.26 Å². The van der Waals surface area contributed by atoms with Gasteiger partial charge in [-0.1, -0.05) is 11.6 Å². The van der Waals surface area contributed by atoms with E-state index in [1.165, 1.54) is 18.4 Å². The van der Waals surface area contributed by atoms with Crippen molar-refractivity contribution in [1.82, 2.24) is 5.32 Å². The number of amides is 2. The molecule has 2 aromatic rings. The molecule has 0 fully saturated rings. The SMILES string of the molecule is O=C(COC(=O)COc1ccc(Cl)cc1)NC(=O)c1ccco1. The van der Waals surface area contributed by atoms with E-state index < -0.39 is 24.4 Å². The van der Waals surface area contributed by atoms with Crippen LogP contribution in [0.3, 0.4) is 0 Å². The van der Waals surface area contributed by atoms with Gasteiger partial charge in [0.1, 0.15) is 5.75 Å². The zero-order chi connectivity index (χ0) is 16.7. The number of esters is 1. The Labute approximate surface area is 136 Å². The molecular weight excluding hydrogens is 326 g/mol. The molecular formula is C15H12ClNO6. The van der Waals surface area contributed by atoms with E-state index in [0.717, 1.165) is 0 Å². The largest absolute Gasteiger partial charge is 0.482 e. The van der Waals surface area contributed by atoms with E-state index >= 15 is 0 Å². The average molecular weight is 338 g/mol. The summed E-state index contributed by atoms with van der Waals surface area (Å²) in [5, 5.41) is 2.55. The highest BCUT2D eigenvalue weighted by atomic mass is 35.5. The lowest BCUT2D eigenvalue weighted by Crippen LogP contribution is -2.34. The Morgan fingerprint density at radius 3 is 2.48 bits per heavy atom. The van der Waals surface area contributed by atoms with Crippen molar-refractivity contribution in [2.24, 2.45) is 0 Å². The van der Waals surface area contributed by atoms with Gasteiger partial charge in [0, 0.05) is 5.02 Å². The van der Waals surface area contributed by atoms with Gasteiger partial charge in [-0.25, -0.2) is 4.79 Å². The van der Waals surface area contributed by atoms with Gasteiger partial charge in [-0.3, -0.25) is 14.9 Å². The zero-order valence-electron chi connectivity index (χ0n) is 11.8. The predicted molar refractivity (Wildman–Crippen MR) is 79.1 cm³/mol. The Morgan fingerprint density at radius 2 is 1.83 bits per heavy atom. The molecule has 1 N–H and O–H groups in total. The van der Waals surface area contributed by atoms with E-state index in [9.17, 15) is 14.4 Å². The first-order valence-electron chi connectivity index (χ1n) is 6.46. The minimum absolute atomic E-state index is 0.0178. The van der Waals surface area contributed by atoms with Gasteiger partial charge in [0.25, 0.3) is 11.8 Å². The molecule has 0 aliphatic heterocycles. The fourth-order valence-corrected chi connectivity index (χ4v) is 1.62. The quantitative estimate of drug-likeness (QED) is 0.808. The molecule has 0 unspecified atom stereocenters. The van der Waals surface area contributed by atoms with Crippen LogP contribution >= 0.6 is 11.6 Å². The fourth-order valence-electron chi connectivity index (χ4n) is 1.49. The summed E-state index contributed by atoms with van der Waals surface area (Å²) in [4.78, 5) is 34.4. The summed E-state index contributed by atoms with van der Waals surface area (Å²) < 4.78 is 14.6. The number of ether oxygens (including phenoxy) is 2. The van der Waals surface area contributed by atoms with Crippen molar-refractivity contribution in [3.63, 3.8) is 0 Å². The first-order valence-corrected chi connectivity index (χ1v) is 6.84. The molecule has 0 saturated carbocycles. The van der Waals surface area contributed by atoms with Crippen molar-refractivity contribution in [3.05, 3.63) is 53.4 Å². The Hall–Kier alpha value is -2.80. The number of hydrogen-bond donors (Lipinski definition) is 1. The van der Waals surface area contributed by atoms with Gasteiger partial charge < -0.3 is 13.9 Å². The molecule has 2 amide bonds. The van der Waals surface area contributed by atoms with Gasteiger partial charge in [-0.05, 0) is 36.4 Å². The van der Waals surface area contributed by atoms with Gasteiger partial charge in [-0.2, -0.15) is 0 Å². The van der Waals surface area contributed by atoms with Crippen molar-refractivity contribution in [3.8, 4) is 5.75 Å². The van der Waals surface area contributed by atoms with Crippen molar-refractivity contribution in [1.29, 1.82) is 0 Å². The molecule has 23 heavy (non-hydrogen) atoms. The van der Waals surface area contributed by atoms with Crippen LogP contribution in [0.2, 0.25) is 5.02 Å². The number of hydrogen-bond acceptors (Lipinski definition) is 6. The molecule has 0 saturated heterocycles. The van der Waals surface area contributed by atoms with Crippen LogP contribution in [-0.2, 0) is 14.3 Å². The van der Waals surface area contributed by atoms with Crippen LogP contribution in [0.25, 0.3) is 0 Å². The van der Waals surface area contributed by atoms with Crippen molar-refractivity contribution >= 4 is 29.4 Å². The van der Waals surface area contributed by atoms with Gasteiger partial charge in [0.15, 0.2) is 19.0 Å². The second kappa shape index (κ2) is 8.00. The lowest BCUT2D eigenvalue weighted by molar-refractivity contribution is -0.150. The van der Waals surface area contributed by atoms with E-state index in [1.54, 1.807) is 24.3 Å². The third-order valence-electron chi connectivity index (χ3n) is 2.53. The molecule has 0 atom stereocenters. The number of furan rings is 1. The Morgan fingerprint density at radius 1 is 1.09 bits per heavy atom. The van der Waals surface area contributed by atoms with Crippen LogP contribution in [-0.4, -0.2) is 31.0 Å². The molecule has 0 aliphatic carbocycles. The number of rotatable bonds is 6. The van der Waals surface area contributed by atoms with Crippen molar-refractivity contribution in [2.75, 3.05) is 13.2 Å². The van der Waals surface area contributed by atoms with Gasteiger partial charge in [0.2, 0.25) is 0 Å². The van der Waals surface area contributed by atoms with Gasteiger partial charge in [-0.15, -0.1) is 0 Å². The maximum Gasteiger partial charge on any atom is 0.344 e. The summed E-state index contributed by atoms with van der Waals surface area (Å²) in [5.41, 5.74) is 0. The minimum Gasteiger partial charge on any atom is -0.482 e.